The van der Waals surface area contributed by atoms with Gasteiger partial charge in [0.1, 0.15) is 0 Å². The minimum absolute atomic E-state index is 0.0247. The summed E-state index contributed by atoms with van der Waals surface area (Å²) >= 11 is 0. The van der Waals surface area contributed by atoms with E-state index in [2.05, 4.69) is 4.74 Å². The Morgan fingerprint density at radius 2 is 2.35 bits per heavy atom. The zero-order valence-corrected chi connectivity index (χ0v) is 10.0. The first-order valence-corrected chi connectivity index (χ1v) is 5.77. The van der Waals surface area contributed by atoms with Crippen LogP contribution in [0.2, 0.25) is 0 Å². The number of ether oxygens (including phenoxy) is 1. The number of unbranched alkanes of at least 4 members (excludes halogenated alkanes) is 1. The first-order valence-electron chi connectivity index (χ1n) is 5.77. The largest absolute Gasteiger partial charge is 0.469 e. The van der Waals surface area contributed by atoms with E-state index in [-0.39, 0.29) is 18.2 Å². The fourth-order valence-electron chi connectivity index (χ4n) is 1.68. The van der Waals surface area contributed by atoms with E-state index in [0.717, 1.165) is 12.8 Å². The van der Waals surface area contributed by atoms with Crippen LogP contribution in [-0.4, -0.2) is 30.1 Å². The summed E-state index contributed by atoms with van der Waals surface area (Å²) in [6, 6.07) is 0. The van der Waals surface area contributed by atoms with Crippen LogP contribution in [0.4, 0.5) is 0 Å². The Balaban J connectivity index is 2.16. The van der Waals surface area contributed by atoms with Crippen molar-refractivity contribution in [2.45, 2.75) is 38.2 Å². The summed E-state index contributed by atoms with van der Waals surface area (Å²) in [5, 5.41) is 9.23. The highest BCUT2D eigenvalue weighted by molar-refractivity contribution is 5.98. The Morgan fingerprint density at radius 1 is 1.59 bits per heavy atom. The van der Waals surface area contributed by atoms with Gasteiger partial charge < -0.3 is 9.84 Å². The zero-order chi connectivity index (χ0) is 12.7. The molecule has 0 spiro atoms. The summed E-state index contributed by atoms with van der Waals surface area (Å²) in [6.45, 7) is 0. The lowest BCUT2D eigenvalue weighted by Gasteiger charge is -1.96. The van der Waals surface area contributed by atoms with Crippen LogP contribution < -0.4 is 0 Å². The molecule has 0 fully saturated rings. The number of methoxy groups -OCH3 is 1. The summed E-state index contributed by atoms with van der Waals surface area (Å²) in [7, 11) is 1.38. The van der Waals surface area contributed by atoms with Crippen molar-refractivity contribution in [3.8, 4) is 0 Å². The van der Waals surface area contributed by atoms with Gasteiger partial charge in [-0.25, -0.2) is 0 Å². The third-order valence-corrected chi connectivity index (χ3v) is 2.63. The molecule has 1 aliphatic carbocycles. The van der Waals surface area contributed by atoms with E-state index in [9.17, 15) is 14.7 Å². The number of hydrogen-bond acceptors (Lipinski definition) is 4. The minimum atomic E-state index is -0.606. The molecule has 0 saturated carbocycles. The van der Waals surface area contributed by atoms with Gasteiger partial charge in [0.05, 0.1) is 13.2 Å². The van der Waals surface area contributed by atoms with Crippen molar-refractivity contribution in [1.82, 2.24) is 0 Å². The van der Waals surface area contributed by atoms with Gasteiger partial charge in [-0.1, -0.05) is 12.2 Å². The van der Waals surface area contributed by atoms with Gasteiger partial charge in [0.15, 0.2) is 5.78 Å². The van der Waals surface area contributed by atoms with E-state index in [1.54, 1.807) is 6.08 Å². The molecule has 1 atom stereocenters. The number of esters is 1. The van der Waals surface area contributed by atoms with Gasteiger partial charge in [0.2, 0.25) is 0 Å². The van der Waals surface area contributed by atoms with Crippen LogP contribution in [-0.2, 0) is 14.3 Å². The molecular formula is C13H18O4. The summed E-state index contributed by atoms with van der Waals surface area (Å²) in [5.41, 5.74) is 0.682. The van der Waals surface area contributed by atoms with Crippen LogP contribution in [0.3, 0.4) is 0 Å². The highest BCUT2D eigenvalue weighted by Gasteiger charge is 2.20. The molecule has 1 aliphatic rings. The van der Waals surface area contributed by atoms with Crippen molar-refractivity contribution in [2.24, 2.45) is 0 Å². The van der Waals surface area contributed by atoms with Gasteiger partial charge in [0, 0.05) is 12.8 Å². The second-order valence-electron chi connectivity index (χ2n) is 4.03. The number of Topliss-reactive ketones (excluding diaryl/α,β-unsaturated/α-hetero) is 1. The second kappa shape index (κ2) is 7.01. The number of ketones is 1. The SMILES string of the molecule is COC(=O)CCC/C=C\CC1=C[C@@H](O)CC1=O. The van der Waals surface area contributed by atoms with Gasteiger partial charge >= 0.3 is 5.97 Å². The molecule has 0 aromatic heterocycles. The number of allylic oxidation sites excluding steroid dienone is 3. The van der Waals surface area contributed by atoms with Crippen molar-refractivity contribution in [1.29, 1.82) is 0 Å². The third-order valence-electron chi connectivity index (χ3n) is 2.63. The Kier molecular flexibility index (Phi) is 5.63. The van der Waals surface area contributed by atoms with Gasteiger partial charge in [-0.3, -0.25) is 9.59 Å². The lowest BCUT2D eigenvalue weighted by atomic mass is 10.1. The normalized spacial score (nSPS) is 19.8. The molecule has 0 amide bonds. The van der Waals surface area contributed by atoms with E-state index >= 15 is 0 Å². The molecule has 0 aromatic rings. The molecule has 0 aliphatic heterocycles. The molecule has 0 unspecified atom stereocenters. The molecule has 94 valence electrons. The predicted molar refractivity (Wildman–Crippen MR) is 63.3 cm³/mol. The number of hydrogen-bond donors (Lipinski definition) is 1. The number of aliphatic hydroxyl groups is 1. The van der Waals surface area contributed by atoms with Crippen molar-refractivity contribution >= 4 is 11.8 Å². The average Bonchev–Trinajstić information content (AvgIpc) is 2.62. The highest BCUT2D eigenvalue weighted by atomic mass is 16.5. The maximum atomic E-state index is 11.3. The Hall–Kier alpha value is -1.42. The summed E-state index contributed by atoms with van der Waals surface area (Å²) in [6.07, 6.45) is 7.59. The van der Waals surface area contributed by atoms with E-state index in [1.165, 1.54) is 7.11 Å². The quantitative estimate of drug-likeness (QED) is 0.433. The predicted octanol–water partition coefficient (Wildman–Crippen LogP) is 1.54. The number of carbonyl (C=O) groups is 2. The number of carbonyl (C=O) groups excluding carboxylic acids is 2. The monoisotopic (exact) mass is 238 g/mol. The van der Waals surface area contributed by atoms with Crippen LogP contribution in [0.1, 0.15) is 32.1 Å². The van der Waals surface area contributed by atoms with E-state index in [4.69, 9.17) is 0 Å². The van der Waals surface area contributed by atoms with E-state index in [1.807, 2.05) is 12.2 Å². The lowest BCUT2D eigenvalue weighted by molar-refractivity contribution is -0.140. The van der Waals surface area contributed by atoms with Crippen LogP contribution in [0.5, 0.6) is 0 Å². The third kappa shape index (κ3) is 4.95. The average molecular weight is 238 g/mol. The summed E-state index contributed by atoms with van der Waals surface area (Å²) < 4.78 is 4.52. The number of rotatable bonds is 6. The van der Waals surface area contributed by atoms with E-state index < -0.39 is 6.10 Å². The standard InChI is InChI=1S/C13H18O4/c1-17-13(16)7-5-3-2-4-6-10-8-11(14)9-12(10)15/h2,4,8,11,14H,3,5-7,9H2,1H3/b4-2-/t11-/m1/s1. The molecule has 1 N–H and O–H groups in total. The van der Waals surface area contributed by atoms with E-state index in [0.29, 0.717) is 18.4 Å². The van der Waals surface area contributed by atoms with Crippen LogP contribution in [0, 0.1) is 0 Å². The molecule has 1 rings (SSSR count). The maximum absolute atomic E-state index is 11.3. The molecule has 0 radical (unpaired) electrons. The Labute approximate surface area is 101 Å². The topological polar surface area (TPSA) is 63.6 Å². The van der Waals surface area contributed by atoms with Gasteiger partial charge in [-0.15, -0.1) is 0 Å². The summed E-state index contributed by atoms with van der Waals surface area (Å²) in [4.78, 5) is 22.1. The fraction of sp³-hybridized carbons (Fsp3) is 0.538. The summed E-state index contributed by atoms with van der Waals surface area (Å²) in [5.74, 6) is -0.174. The van der Waals surface area contributed by atoms with Crippen molar-refractivity contribution in [2.75, 3.05) is 7.11 Å². The van der Waals surface area contributed by atoms with Gasteiger partial charge in [0.25, 0.3) is 0 Å². The second-order valence-corrected chi connectivity index (χ2v) is 4.03. The van der Waals surface area contributed by atoms with Crippen LogP contribution in [0.15, 0.2) is 23.8 Å². The first-order chi connectivity index (χ1) is 8.13. The molecule has 4 nitrogen and oxygen atoms in total. The van der Waals surface area contributed by atoms with Crippen molar-refractivity contribution < 1.29 is 19.4 Å². The Bertz CT molecular complexity index is 341. The Morgan fingerprint density at radius 3 is 2.94 bits per heavy atom. The molecule has 0 heterocycles. The van der Waals surface area contributed by atoms with Gasteiger partial charge in [-0.05, 0) is 30.9 Å². The minimum Gasteiger partial charge on any atom is -0.469 e. The van der Waals surface area contributed by atoms with Crippen molar-refractivity contribution in [3.05, 3.63) is 23.8 Å². The zero-order valence-electron chi connectivity index (χ0n) is 10.0. The molecule has 0 saturated heterocycles. The molecule has 0 bridgehead atoms. The number of aliphatic hydroxyl groups excluding tert-OH is 1. The first kappa shape index (κ1) is 13.6. The molecule has 0 aromatic carbocycles. The van der Waals surface area contributed by atoms with Crippen LogP contribution in [0.25, 0.3) is 0 Å². The van der Waals surface area contributed by atoms with Crippen LogP contribution >= 0.6 is 0 Å². The van der Waals surface area contributed by atoms with Gasteiger partial charge in [-0.2, -0.15) is 0 Å². The lowest BCUT2D eigenvalue weighted by Crippen LogP contribution is -2.00. The smallest absolute Gasteiger partial charge is 0.305 e. The van der Waals surface area contributed by atoms with Crippen molar-refractivity contribution in [3.63, 3.8) is 0 Å². The molecule has 4 heteroatoms. The fourth-order valence-corrected chi connectivity index (χ4v) is 1.68. The molecular weight excluding hydrogens is 220 g/mol. The molecule has 17 heavy (non-hydrogen) atoms. The maximum Gasteiger partial charge on any atom is 0.305 e. The highest BCUT2D eigenvalue weighted by Crippen LogP contribution is 2.18.